The van der Waals surface area contributed by atoms with Crippen molar-refractivity contribution in [3.8, 4) is 11.8 Å². The third-order valence-corrected chi connectivity index (χ3v) is 2.31. The maximum atomic E-state index is 8.92. The maximum absolute atomic E-state index is 8.92. The Morgan fingerprint density at radius 2 is 2.35 bits per heavy atom. The quantitative estimate of drug-likeness (QED) is 0.908. The SMILES string of the molecule is Cl.N#Cc1cc(Cl)cc2c1ON(OCCN)C2. The van der Waals surface area contributed by atoms with Gasteiger partial charge in [0.25, 0.3) is 0 Å². The van der Waals surface area contributed by atoms with Crippen LogP contribution in [-0.2, 0) is 11.4 Å². The van der Waals surface area contributed by atoms with E-state index in [1.165, 1.54) is 5.23 Å². The van der Waals surface area contributed by atoms with Gasteiger partial charge in [0.05, 0.1) is 18.7 Å². The molecule has 7 heteroatoms. The molecule has 0 aromatic heterocycles. The number of hydrogen-bond acceptors (Lipinski definition) is 5. The summed E-state index contributed by atoms with van der Waals surface area (Å²) in [6.07, 6.45) is 0. The molecule has 5 nitrogen and oxygen atoms in total. The summed E-state index contributed by atoms with van der Waals surface area (Å²) in [6, 6.07) is 5.34. The van der Waals surface area contributed by atoms with Crippen molar-refractivity contribution in [2.24, 2.45) is 5.73 Å². The molecule has 0 saturated carbocycles. The van der Waals surface area contributed by atoms with E-state index < -0.39 is 0 Å². The Labute approximate surface area is 110 Å². The predicted molar refractivity (Wildman–Crippen MR) is 64.6 cm³/mol. The van der Waals surface area contributed by atoms with Crippen molar-refractivity contribution in [3.63, 3.8) is 0 Å². The van der Waals surface area contributed by atoms with Gasteiger partial charge in [-0.25, -0.2) is 0 Å². The van der Waals surface area contributed by atoms with Gasteiger partial charge in [0, 0.05) is 17.1 Å². The first-order valence-corrected chi connectivity index (χ1v) is 5.13. The fourth-order valence-electron chi connectivity index (χ4n) is 1.46. The number of hydroxylamine groups is 2. The smallest absolute Gasteiger partial charge is 0.173 e. The van der Waals surface area contributed by atoms with Gasteiger partial charge in [0.15, 0.2) is 5.75 Å². The molecular formula is C10H11Cl2N3O2. The molecule has 0 unspecified atom stereocenters. The van der Waals surface area contributed by atoms with Crippen molar-refractivity contribution in [1.82, 2.24) is 5.23 Å². The predicted octanol–water partition coefficient (Wildman–Crippen LogP) is 1.63. The lowest BCUT2D eigenvalue weighted by molar-refractivity contribution is -0.310. The van der Waals surface area contributed by atoms with Crippen LogP contribution in [0.2, 0.25) is 5.02 Å². The Balaban J connectivity index is 0.00000144. The second kappa shape index (κ2) is 6.05. The van der Waals surface area contributed by atoms with Crippen LogP contribution in [0, 0.1) is 11.3 Å². The number of rotatable bonds is 3. The van der Waals surface area contributed by atoms with Gasteiger partial charge < -0.3 is 10.6 Å². The minimum atomic E-state index is 0. The molecule has 0 saturated heterocycles. The molecule has 0 amide bonds. The molecule has 1 aliphatic heterocycles. The average molecular weight is 276 g/mol. The average Bonchev–Trinajstić information content (AvgIpc) is 2.67. The van der Waals surface area contributed by atoms with Crippen LogP contribution in [0.5, 0.6) is 5.75 Å². The van der Waals surface area contributed by atoms with Gasteiger partial charge in [0.2, 0.25) is 0 Å². The molecule has 0 spiro atoms. The Morgan fingerprint density at radius 3 is 3.00 bits per heavy atom. The fraction of sp³-hybridized carbons (Fsp3) is 0.300. The molecular weight excluding hydrogens is 265 g/mol. The van der Waals surface area contributed by atoms with Crippen molar-refractivity contribution < 1.29 is 9.68 Å². The highest BCUT2D eigenvalue weighted by Gasteiger charge is 2.25. The van der Waals surface area contributed by atoms with E-state index >= 15 is 0 Å². The standard InChI is InChI=1S/C10H10ClN3O2.ClH/c11-9-3-7(5-13)10-8(4-9)6-14(16-10)15-2-1-12;/h3-4H,1-2,6,12H2;1H. The first-order valence-electron chi connectivity index (χ1n) is 4.75. The topological polar surface area (TPSA) is 71.5 Å². The maximum Gasteiger partial charge on any atom is 0.173 e. The van der Waals surface area contributed by atoms with Crippen molar-refractivity contribution in [2.45, 2.75) is 6.54 Å². The molecule has 1 aromatic carbocycles. The van der Waals surface area contributed by atoms with Crippen LogP contribution in [0.15, 0.2) is 12.1 Å². The van der Waals surface area contributed by atoms with Crippen molar-refractivity contribution in [3.05, 3.63) is 28.3 Å². The highest BCUT2D eigenvalue weighted by molar-refractivity contribution is 6.30. The van der Waals surface area contributed by atoms with E-state index in [0.717, 1.165) is 5.56 Å². The van der Waals surface area contributed by atoms with Crippen LogP contribution in [0.3, 0.4) is 0 Å². The summed E-state index contributed by atoms with van der Waals surface area (Å²) in [6.45, 7) is 1.20. The van der Waals surface area contributed by atoms with E-state index in [0.29, 0.717) is 36.0 Å². The van der Waals surface area contributed by atoms with Crippen molar-refractivity contribution in [2.75, 3.05) is 13.2 Å². The largest absolute Gasteiger partial charge is 0.378 e. The molecule has 0 fully saturated rings. The number of nitrogens with two attached hydrogens (primary N) is 1. The zero-order valence-electron chi connectivity index (χ0n) is 8.85. The molecule has 1 aromatic rings. The summed E-state index contributed by atoms with van der Waals surface area (Å²) in [7, 11) is 0. The zero-order valence-corrected chi connectivity index (χ0v) is 10.4. The van der Waals surface area contributed by atoms with Crippen molar-refractivity contribution in [1.29, 1.82) is 5.26 Å². The molecule has 0 radical (unpaired) electrons. The second-order valence-electron chi connectivity index (χ2n) is 3.26. The van der Waals surface area contributed by atoms with E-state index in [1.54, 1.807) is 12.1 Å². The van der Waals surface area contributed by atoms with Crippen LogP contribution in [-0.4, -0.2) is 18.4 Å². The third kappa shape index (κ3) is 3.00. The summed E-state index contributed by atoms with van der Waals surface area (Å²) in [4.78, 5) is 10.6. The van der Waals surface area contributed by atoms with Crippen LogP contribution in [0.1, 0.15) is 11.1 Å². The number of fused-ring (bicyclic) bond motifs is 1. The monoisotopic (exact) mass is 275 g/mol. The summed E-state index contributed by atoms with van der Waals surface area (Å²) < 4.78 is 0. The molecule has 1 heterocycles. The number of nitriles is 1. The number of nitrogens with zero attached hydrogens (tertiary/aromatic N) is 2. The van der Waals surface area contributed by atoms with E-state index in [4.69, 9.17) is 32.3 Å². The lowest BCUT2D eigenvalue weighted by atomic mass is 10.1. The van der Waals surface area contributed by atoms with Gasteiger partial charge in [-0.15, -0.1) is 12.4 Å². The highest BCUT2D eigenvalue weighted by Crippen LogP contribution is 2.34. The first kappa shape index (κ1) is 14.0. The van der Waals surface area contributed by atoms with E-state index in [-0.39, 0.29) is 12.4 Å². The Kier molecular flexibility index (Phi) is 5.00. The van der Waals surface area contributed by atoms with E-state index in [1.807, 2.05) is 6.07 Å². The molecule has 2 rings (SSSR count). The molecule has 1 aliphatic rings. The lowest BCUT2D eigenvalue weighted by Gasteiger charge is -2.12. The van der Waals surface area contributed by atoms with Gasteiger partial charge in [-0.2, -0.15) is 5.26 Å². The van der Waals surface area contributed by atoms with Gasteiger partial charge in [-0.05, 0) is 17.4 Å². The minimum absolute atomic E-state index is 0. The number of hydrogen-bond donors (Lipinski definition) is 1. The third-order valence-electron chi connectivity index (χ3n) is 2.10. The molecule has 0 aliphatic carbocycles. The van der Waals surface area contributed by atoms with Crippen LogP contribution in [0.25, 0.3) is 0 Å². The van der Waals surface area contributed by atoms with E-state index in [2.05, 4.69) is 0 Å². The second-order valence-corrected chi connectivity index (χ2v) is 3.69. The summed E-state index contributed by atoms with van der Waals surface area (Å²) in [5.74, 6) is 0.504. The molecule has 0 atom stereocenters. The molecule has 92 valence electrons. The lowest BCUT2D eigenvalue weighted by Crippen LogP contribution is -2.25. The summed E-state index contributed by atoms with van der Waals surface area (Å²) in [5, 5.41) is 10.7. The van der Waals surface area contributed by atoms with Crippen LogP contribution in [0.4, 0.5) is 0 Å². The number of benzene rings is 1. The van der Waals surface area contributed by atoms with Crippen molar-refractivity contribution >= 4 is 24.0 Å². The minimum Gasteiger partial charge on any atom is -0.378 e. The van der Waals surface area contributed by atoms with E-state index in [9.17, 15) is 0 Å². The summed E-state index contributed by atoms with van der Waals surface area (Å²) in [5.41, 5.74) is 6.55. The van der Waals surface area contributed by atoms with Gasteiger partial charge in [0.1, 0.15) is 6.07 Å². The highest BCUT2D eigenvalue weighted by atomic mass is 35.5. The molecule has 0 bridgehead atoms. The summed E-state index contributed by atoms with van der Waals surface area (Å²) >= 11 is 5.87. The molecule has 17 heavy (non-hydrogen) atoms. The van der Waals surface area contributed by atoms with Gasteiger partial charge >= 0.3 is 0 Å². The van der Waals surface area contributed by atoms with Gasteiger partial charge in [-0.1, -0.05) is 11.6 Å². The first-order chi connectivity index (χ1) is 7.74. The molecule has 2 N–H and O–H groups in total. The fourth-order valence-corrected chi connectivity index (χ4v) is 1.70. The van der Waals surface area contributed by atoms with Gasteiger partial charge in [-0.3, -0.25) is 4.84 Å². The number of halogens is 2. The Morgan fingerprint density at radius 1 is 1.59 bits per heavy atom. The Hall–Kier alpha value is -1.03. The van der Waals surface area contributed by atoms with Crippen LogP contribution >= 0.6 is 24.0 Å². The normalized spacial score (nSPS) is 13.5. The van der Waals surface area contributed by atoms with Crippen LogP contribution < -0.4 is 10.6 Å². The zero-order chi connectivity index (χ0) is 11.5. The Bertz CT molecular complexity index is 448.